The Morgan fingerprint density at radius 2 is 1.93 bits per heavy atom. The van der Waals surface area contributed by atoms with Crippen molar-refractivity contribution in [3.05, 3.63) is 39.9 Å². The molecule has 1 atom stereocenters. The minimum absolute atomic E-state index is 0.0566. The SMILES string of the molecule is O=C(O)[C@@H](Br)c1ccc([N+](=O)[O-])cc1. The molecule has 0 saturated carbocycles. The number of benzene rings is 1. The number of nitro benzene ring substituents is 1. The monoisotopic (exact) mass is 259 g/mol. The summed E-state index contributed by atoms with van der Waals surface area (Å²) in [7, 11) is 0. The van der Waals surface area contributed by atoms with Crippen LogP contribution in [-0.4, -0.2) is 16.0 Å². The average Bonchev–Trinajstić information content (AvgIpc) is 2.16. The highest BCUT2D eigenvalue weighted by Crippen LogP contribution is 2.24. The average molecular weight is 260 g/mol. The molecule has 1 aromatic carbocycles. The summed E-state index contributed by atoms with van der Waals surface area (Å²) in [6, 6.07) is 5.36. The Morgan fingerprint density at radius 1 is 1.43 bits per heavy atom. The van der Waals surface area contributed by atoms with Gasteiger partial charge in [-0.25, -0.2) is 0 Å². The third-order valence-electron chi connectivity index (χ3n) is 1.61. The maximum Gasteiger partial charge on any atom is 0.321 e. The van der Waals surface area contributed by atoms with E-state index in [0.717, 1.165) is 0 Å². The lowest BCUT2D eigenvalue weighted by Gasteiger charge is -2.03. The summed E-state index contributed by atoms with van der Waals surface area (Å²) in [5, 5.41) is 18.9. The van der Waals surface area contributed by atoms with E-state index in [2.05, 4.69) is 15.9 Å². The van der Waals surface area contributed by atoms with Crippen LogP contribution in [-0.2, 0) is 4.79 Å². The molecule has 0 amide bonds. The fraction of sp³-hybridized carbons (Fsp3) is 0.125. The van der Waals surface area contributed by atoms with E-state index in [-0.39, 0.29) is 5.69 Å². The lowest BCUT2D eigenvalue weighted by molar-refractivity contribution is -0.384. The van der Waals surface area contributed by atoms with Gasteiger partial charge in [0.2, 0.25) is 0 Å². The zero-order chi connectivity index (χ0) is 10.7. The molecule has 0 fully saturated rings. The number of hydrogen-bond acceptors (Lipinski definition) is 3. The molecule has 1 rings (SSSR count). The van der Waals surface area contributed by atoms with Crippen LogP contribution in [0.3, 0.4) is 0 Å². The van der Waals surface area contributed by atoms with Gasteiger partial charge in [0.1, 0.15) is 4.83 Å². The number of nitrogens with zero attached hydrogens (tertiary/aromatic N) is 1. The maximum atomic E-state index is 10.5. The molecule has 0 aliphatic carbocycles. The quantitative estimate of drug-likeness (QED) is 0.512. The van der Waals surface area contributed by atoms with E-state index in [0.29, 0.717) is 5.56 Å². The van der Waals surface area contributed by atoms with Gasteiger partial charge in [0.15, 0.2) is 0 Å². The van der Waals surface area contributed by atoms with Crippen molar-refractivity contribution < 1.29 is 14.8 Å². The molecule has 14 heavy (non-hydrogen) atoms. The van der Waals surface area contributed by atoms with Gasteiger partial charge in [0.05, 0.1) is 4.92 Å². The lowest BCUT2D eigenvalue weighted by atomic mass is 10.1. The van der Waals surface area contributed by atoms with Gasteiger partial charge in [0, 0.05) is 12.1 Å². The van der Waals surface area contributed by atoms with Crippen molar-refractivity contribution in [1.82, 2.24) is 0 Å². The van der Waals surface area contributed by atoms with Gasteiger partial charge in [-0.15, -0.1) is 0 Å². The van der Waals surface area contributed by atoms with E-state index in [9.17, 15) is 14.9 Å². The molecule has 1 aromatic rings. The Labute approximate surface area is 87.6 Å². The minimum atomic E-state index is -1.03. The van der Waals surface area contributed by atoms with E-state index in [1.807, 2.05) is 0 Å². The first-order chi connectivity index (χ1) is 6.52. The molecule has 0 spiro atoms. The largest absolute Gasteiger partial charge is 0.480 e. The first-order valence-electron chi connectivity index (χ1n) is 3.63. The van der Waals surface area contributed by atoms with Crippen molar-refractivity contribution in [3.8, 4) is 0 Å². The predicted octanol–water partition coefficient (Wildman–Crippen LogP) is 2.12. The number of alkyl halides is 1. The fourth-order valence-electron chi connectivity index (χ4n) is 0.908. The zero-order valence-electron chi connectivity index (χ0n) is 6.88. The van der Waals surface area contributed by atoms with Crippen LogP contribution in [0.15, 0.2) is 24.3 Å². The van der Waals surface area contributed by atoms with Crippen molar-refractivity contribution >= 4 is 27.6 Å². The summed E-state index contributed by atoms with van der Waals surface area (Å²) >= 11 is 2.94. The fourth-order valence-corrected chi connectivity index (χ4v) is 1.21. The first kappa shape index (κ1) is 10.6. The Balaban J connectivity index is 2.94. The molecule has 0 heterocycles. The highest BCUT2D eigenvalue weighted by atomic mass is 79.9. The number of hydrogen-bond donors (Lipinski definition) is 1. The smallest absolute Gasteiger partial charge is 0.321 e. The number of nitro groups is 1. The Bertz CT molecular complexity index is 362. The van der Waals surface area contributed by atoms with Crippen LogP contribution in [0.25, 0.3) is 0 Å². The van der Waals surface area contributed by atoms with E-state index >= 15 is 0 Å². The summed E-state index contributed by atoms with van der Waals surface area (Å²) < 4.78 is 0. The molecular weight excluding hydrogens is 254 g/mol. The van der Waals surface area contributed by atoms with Gasteiger partial charge in [-0.2, -0.15) is 0 Å². The Kier molecular flexibility index (Phi) is 3.19. The number of carboxylic acids is 1. The number of carbonyl (C=O) groups is 1. The standard InChI is InChI=1S/C8H6BrNO4/c9-7(8(11)12)5-1-3-6(4-2-5)10(13)14/h1-4,7H,(H,11,12)/t7-/m0/s1. The first-order valence-corrected chi connectivity index (χ1v) is 4.55. The van der Waals surface area contributed by atoms with Gasteiger partial charge in [-0.1, -0.05) is 28.1 Å². The zero-order valence-corrected chi connectivity index (χ0v) is 8.47. The van der Waals surface area contributed by atoms with Crippen molar-refractivity contribution in [3.63, 3.8) is 0 Å². The second-order valence-electron chi connectivity index (χ2n) is 2.55. The topological polar surface area (TPSA) is 80.4 Å². The molecule has 0 aliphatic heterocycles. The summed E-state index contributed by atoms with van der Waals surface area (Å²) in [5.74, 6) is -1.03. The Morgan fingerprint density at radius 3 is 2.29 bits per heavy atom. The summed E-state index contributed by atoms with van der Waals surface area (Å²) in [5.41, 5.74) is 0.418. The van der Waals surface area contributed by atoms with E-state index in [1.165, 1.54) is 24.3 Å². The predicted molar refractivity (Wildman–Crippen MR) is 52.4 cm³/mol. The molecule has 74 valence electrons. The third-order valence-corrected chi connectivity index (χ3v) is 2.53. The second kappa shape index (κ2) is 4.19. The molecule has 0 aliphatic rings. The molecule has 0 bridgehead atoms. The highest BCUT2D eigenvalue weighted by molar-refractivity contribution is 9.09. The molecule has 6 heteroatoms. The second-order valence-corrected chi connectivity index (χ2v) is 3.47. The number of non-ortho nitro benzene ring substituents is 1. The van der Waals surface area contributed by atoms with Crippen LogP contribution < -0.4 is 0 Å². The number of carboxylic acid groups (broad SMARTS) is 1. The number of rotatable bonds is 3. The van der Waals surface area contributed by atoms with Crippen LogP contribution in [0.5, 0.6) is 0 Å². The lowest BCUT2D eigenvalue weighted by Crippen LogP contribution is -2.04. The van der Waals surface area contributed by atoms with E-state index in [1.54, 1.807) is 0 Å². The molecular formula is C8H6BrNO4. The molecule has 0 radical (unpaired) electrons. The van der Waals surface area contributed by atoms with Crippen LogP contribution >= 0.6 is 15.9 Å². The van der Waals surface area contributed by atoms with E-state index in [4.69, 9.17) is 5.11 Å². The van der Waals surface area contributed by atoms with Gasteiger partial charge in [-0.05, 0) is 5.56 Å². The van der Waals surface area contributed by atoms with Gasteiger partial charge in [-0.3, -0.25) is 14.9 Å². The maximum absolute atomic E-state index is 10.5. The van der Waals surface area contributed by atoms with Crippen molar-refractivity contribution in [2.45, 2.75) is 4.83 Å². The highest BCUT2D eigenvalue weighted by Gasteiger charge is 2.16. The van der Waals surface area contributed by atoms with Crippen LogP contribution in [0.4, 0.5) is 5.69 Å². The van der Waals surface area contributed by atoms with Gasteiger partial charge in [0.25, 0.3) is 5.69 Å². The van der Waals surface area contributed by atoms with Crippen LogP contribution in [0, 0.1) is 10.1 Å². The van der Waals surface area contributed by atoms with Crippen molar-refractivity contribution in [2.24, 2.45) is 0 Å². The van der Waals surface area contributed by atoms with E-state index < -0.39 is 15.7 Å². The normalized spacial score (nSPS) is 12.1. The Hall–Kier alpha value is -1.43. The summed E-state index contributed by atoms with van der Waals surface area (Å²) in [4.78, 5) is 19.5. The van der Waals surface area contributed by atoms with Crippen molar-refractivity contribution in [1.29, 1.82) is 0 Å². The molecule has 0 saturated heterocycles. The molecule has 0 unspecified atom stereocenters. The minimum Gasteiger partial charge on any atom is -0.480 e. The summed E-state index contributed by atoms with van der Waals surface area (Å²) in [6.45, 7) is 0. The molecule has 5 nitrogen and oxygen atoms in total. The van der Waals surface area contributed by atoms with Crippen LogP contribution in [0.2, 0.25) is 0 Å². The number of halogens is 1. The van der Waals surface area contributed by atoms with Gasteiger partial charge >= 0.3 is 5.97 Å². The summed E-state index contributed by atoms with van der Waals surface area (Å²) in [6.07, 6.45) is 0. The molecule has 0 aromatic heterocycles. The third kappa shape index (κ3) is 2.29. The molecule has 1 N–H and O–H groups in total. The van der Waals surface area contributed by atoms with Crippen molar-refractivity contribution in [2.75, 3.05) is 0 Å². The van der Waals surface area contributed by atoms with Gasteiger partial charge < -0.3 is 5.11 Å². The number of aliphatic carboxylic acids is 1. The van der Waals surface area contributed by atoms with Crippen LogP contribution in [0.1, 0.15) is 10.4 Å².